The molecule has 2 aromatic rings. The molecule has 3 rings (SSSR count). The van der Waals surface area contributed by atoms with Crippen LogP contribution in [-0.4, -0.2) is 26.4 Å². The van der Waals surface area contributed by atoms with Crippen molar-refractivity contribution in [2.24, 2.45) is 0 Å². The van der Waals surface area contributed by atoms with Crippen molar-refractivity contribution in [3.05, 3.63) is 53.9 Å². The quantitative estimate of drug-likeness (QED) is 0.926. The van der Waals surface area contributed by atoms with Crippen molar-refractivity contribution in [2.45, 2.75) is 6.10 Å². The summed E-state index contributed by atoms with van der Waals surface area (Å²) < 4.78 is 27.6. The molecule has 108 valence electrons. The van der Waals surface area contributed by atoms with Gasteiger partial charge in [-0.25, -0.2) is 13.2 Å². The minimum absolute atomic E-state index is 0.198. The van der Waals surface area contributed by atoms with E-state index in [1.807, 2.05) is 36.4 Å². The molecular formula is C15H13NO4S. The highest BCUT2D eigenvalue weighted by Gasteiger charge is 2.25. The van der Waals surface area contributed by atoms with Gasteiger partial charge in [-0.2, -0.15) is 0 Å². The van der Waals surface area contributed by atoms with E-state index in [0.717, 1.165) is 16.2 Å². The maximum Gasteiger partial charge on any atom is 0.412 e. The Morgan fingerprint density at radius 1 is 1.14 bits per heavy atom. The molecule has 6 heteroatoms. The van der Waals surface area contributed by atoms with Crippen LogP contribution in [0, 0.1) is 0 Å². The number of sulfone groups is 1. The molecular weight excluding hydrogens is 290 g/mol. The SMILES string of the molecule is O=C(Nc1cccc2ccccc12)O[C@@H]1C=CS(=O)(=O)C1. The first-order valence-electron chi connectivity index (χ1n) is 6.40. The number of rotatable bonds is 2. The molecule has 1 amide bonds. The highest BCUT2D eigenvalue weighted by atomic mass is 32.2. The number of anilines is 1. The molecule has 0 unspecified atom stereocenters. The second-order valence-corrected chi connectivity index (χ2v) is 6.68. The van der Waals surface area contributed by atoms with E-state index in [9.17, 15) is 13.2 Å². The molecule has 0 bridgehead atoms. The lowest BCUT2D eigenvalue weighted by Gasteiger charge is -2.12. The minimum Gasteiger partial charge on any atom is -0.441 e. The summed E-state index contributed by atoms with van der Waals surface area (Å²) in [6.45, 7) is 0. The van der Waals surface area contributed by atoms with Crippen molar-refractivity contribution < 1.29 is 17.9 Å². The van der Waals surface area contributed by atoms with Crippen LogP contribution in [0.2, 0.25) is 0 Å². The van der Waals surface area contributed by atoms with Crippen LogP contribution in [0.4, 0.5) is 10.5 Å². The molecule has 1 heterocycles. The van der Waals surface area contributed by atoms with Crippen LogP contribution in [0.5, 0.6) is 0 Å². The fourth-order valence-electron chi connectivity index (χ4n) is 2.23. The second-order valence-electron chi connectivity index (χ2n) is 4.75. The van der Waals surface area contributed by atoms with E-state index in [1.54, 1.807) is 6.07 Å². The summed E-state index contributed by atoms with van der Waals surface area (Å²) in [5.74, 6) is -0.198. The van der Waals surface area contributed by atoms with Crippen molar-refractivity contribution in [1.29, 1.82) is 0 Å². The van der Waals surface area contributed by atoms with Crippen LogP contribution in [0.3, 0.4) is 0 Å². The van der Waals surface area contributed by atoms with Gasteiger partial charge in [0.2, 0.25) is 0 Å². The standard InChI is InChI=1S/C15H13NO4S/c17-15(20-12-8-9-21(18,19)10-12)16-14-7-3-5-11-4-1-2-6-13(11)14/h1-9,12H,10H2,(H,16,17)/t12-/m1/s1. The van der Waals surface area contributed by atoms with Gasteiger partial charge in [-0.1, -0.05) is 36.4 Å². The lowest BCUT2D eigenvalue weighted by molar-refractivity contribution is 0.144. The highest BCUT2D eigenvalue weighted by molar-refractivity contribution is 7.94. The van der Waals surface area contributed by atoms with Gasteiger partial charge >= 0.3 is 6.09 Å². The van der Waals surface area contributed by atoms with Crippen LogP contribution in [0.1, 0.15) is 0 Å². The number of ether oxygens (including phenoxy) is 1. The van der Waals surface area contributed by atoms with Gasteiger partial charge < -0.3 is 4.74 Å². The molecule has 2 aromatic carbocycles. The Hall–Kier alpha value is -2.34. The summed E-state index contributed by atoms with van der Waals surface area (Å²) in [5, 5.41) is 5.62. The molecule has 0 fully saturated rings. The third-order valence-electron chi connectivity index (χ3n) is 3.18. The Morgan fingerprint density at radius 3 is 2.67 bits per heavy atom. The van der Waals surface area contributed by atoms with E-state index in [4.69, 9.17) is 4.74 Å². The van der Waals surface area contributed by atoms with Crippen molar-refractivity contribution >= 4 is 32.4 Å². The van der Waals surface area contributed by atoms with Gasteiger partial charge in [0.25, 0.3) is 0 Å². The largest absolute Gasteiger partial charge is 0.441 e. The molecule has 0 radical (unpaired) electrons. The molecule has 1 atom stereocenters. The van der Waals surface area contributed by atoms with E-state index >= 15 is 0 Å². The number of carbonyl (C=O) groups is 1. The average molecular weight is 303 g/mol. The molecule has 1 aliphatic rings. The number of carbonyl (C=O) groups excluding carboxylic acids is 1. The Labute approximate surface area is 122 Å². The number of amides is 1. The van der Waals surface area contributed by atoms with Gasteiger partial charge in [0.15, 0.2) is 9.84 Å². The van der Waals surface area contributed by atoms with Crippen molar-refractivity contribution in [2.75, 3.05) is 11.1 Å². The van der Waals surface area contributed by atoms with E-state index in [-0.39, 0.29) is 5.75 Å². The Balaban J connectivity index is 1.74. The fraction of sp³-hybridized carbons (Fsp3) is 0.133. The zero-order chi connectivity index (χ0) is 14.9. The van der Waals surface area contributed by atoms with Crippen molar-refractivity contribution in [3.8, 4) is 0 Å². The van der Waals surface area contributed by atoms with Gasteiger partial charge in [0.1, 0.15) is 6.10 Å². The van der Waals surface area contributed by atoms with Gasteiger partial charge in [-0.3, -0.25) is 5.32 Å². The maximum absolute atomic E-state index is 11.9. The van der Waals surface area contributed by atoms with Crippen LogP contribution in [0.25, 0.3) is 10.8 Å². The van der Waals surface area contributed by atoms with Crippen molar-refractivity contribution in [1.82, 2.24) is 0 Å². The topological polar surface area (TPSA) is 72.5 Å². The second kappa shape index (κ2) is 5.21. The first-order valence-corrected chi connectivity index (χ1v) is 8.11. The van der Waals surface area contributed by atoms with Gasteiger partial charge in [0.05, 0.1) is 11.4 Å². The monoisotopic (exact) mass is 303 g/mol. The van der Waals surface area contributed by atoms with Crippen LogP contribution in [0.15, 0.2) is 53.9 Å². The Kier molecular flexibility index (Phi) is 3.39. The smallest absolute Gasteiger partial charge is 0.412 e. The summed E-state index contributed by atoms with van der Waals surface area (Å²) in [4.78, 5) is 11.9. The van der Waals surface area contributed by atoms with Crippen LogP contribution >= 0.6 is 0 Å². The highest BCUT2D eigenvalue weighted by Crippen LogP contribution is 2.23. The Bertz CT molecular complexity index is 821. The van der Waals surface area contributed by atoms with Gasteiger partial charge in [-0.15, -0.1) is 0 Å². The zero-order valence-electron chi connectivity index (χ0n) is 11.0. The molecule has 5 nitrogen and oxygen atoms in total. The van der Waals surface area contributed by atoms with Gasteiger partial charge in [-0.05, 0) is 17.5 Å². The Morgan fingerprint density at radius 2 is 1.90 bits per heavy atom. The van der Waals surface area contributed by atoms with E-state index in [0.29, 0.717) is 5.69 Å². The number of hydrogen-bond acceptors (Lipinski definition) is 4. The summed E-state index contributed by atoms with van der Waals surface area (Å²) >= 11 is 0. The number of nitrogens with one attached hydrogen (secondary N) is 1. The molecule has 1 aliphatic heterocycles. The third kappa shape index (κ3) is 3.05. The number of fused-ring (bicyclic) bond motifs is 1. The van der Waals surface area contributed by atoms with E-state index in [1.165, 1.54) is 6.08 Å². The molecule has 0 spiro atoms. The van der Waals surface area contributed by atoms with E-state index in [2.05, 4.69) is 5.32 Å². The molecule has 21 heavy (non-hydrogen) atoms. The lowest BCUT2D eigenvalue weighted by Crippen LogP contribution is -2.23. The molecule has 0 saturated heterocycles. The fourth-order valence-corrected chi connectivity index (χ4v) is 3.39. The maximum atomic E-state index is 11.9. The number of benzene rings is 2. The van der Waals surface area contributed by atoms with Crippen LogP contribution < -0.4 is 5.32 Å². The zero-order valence-corrected chi connectivity index (χ0v) is 11.8. The first kappa shape index (κ1) is 13.6. The molecule has 0 aliphatic carbocycles. The predicted octanol–water partition coefficient (Wildman–Crippen LogP) is 2.70. The summed E-state index contributed by atoms with van der Waals surface area (Å²) in [6.07, 6.45) is -0.0269. The normalized spacial score (nSPS) is 19.5. The van der Waals surface area contributed by atoms with Crippen molar-refractivity contribution in [3.63, 3.8) is 0 Å². The third-order valence-corrected chi connectivity index (χ3v) is 4.55. The molecule has 1 N–H and O–H groups in total. The molecule has 0 aromatic heterocycles. The minimum atomic E-state index is -3.23. The summed E-state index contributed by atoms with van der Waals surface area (Å²) in [7, 11) is -3.23. The summed E-state index contributed by atoms with van der Waals surface area (Å²) in [6, 6.07) is 13.2. The first-order chi connectivity index (χ1) is 10.0. The lowest BCUT2D eigenvalue weighted by atomic mass is 10.1. The van der Waals surface area contributed by atoms with Crippen LogP contribution in [-0.2, 0) is 14.6 Å². The predicted molar refractivity (Wildman–Crippen MR) is 80.8 cm³/mol. The number of hydrogen-bond donors (Lipinski definition) is 1. The van der Waals surface area contributed by atoms with E-state index < -0.39 is 22.0 Å². The van der Waals surface area contributed by atoms with Gasteiger partial charge in [0, 0.05) is 10.8 Å². The molecule has 0 saturated carbocycles. The summed E-state index contributed by atoms with van der Waals surface area (Å²) in [5.41, 5.74) is 0.628. The average Bonchev–Trinajstić information content (AvgIpc) is 2.78.